The highest BCUT2D eigenvalue weighted by atomic mass is 79.9. The van der Waals surface area contributed by atoms with Gasteiger partial charge in [-0.3, -0.25) is 0 Å². The van der Waals surface area contributed by atoms with Crippen molar-refractivity contribution in [1.82, 2.24) is 0 Å². The average Bonchev–Trinajstić information content (AvgIpc) is 2.19. The zero-order valence-corrected chi connectivity index (χ0v) is 10.1. The van der Waals surface area contributed by atoms with Gasteiger partial charge in [-0.25, -0.2) is 0 Å². The van der Waals surface area contributed by atoms with Crippen molar-refractivity contribution >= 4 is 15.9 Å². The number of halogens is 1. The molecule has 1 nitrogen and oxygen atoms in total. The number of aryl methyl sites for hydroxylation is 2. The molecular weight excluding hydrogens is 238 g/mol. The molecule has 0 bridgehead atoms. The molecule has 0 saturated heterocycles. The van der Waals surface area contributed by atoms with E-state index in [2.05, 4.69) is 35.0 Å². The first kappa shape index (κ1) is 10.2. The Balaban J connectivity index is 2.47. The number of benzene rings is 1. The fourth-order valence-corrected chi connectivity index (χ4v) is 2.65. The average molecular weight is 254 g/mol. The Hall–Kier alpha value is -0.340. The smallest absolute Gasteiger partial charge is 0.0207 e. The summed E-state index contributed by atoms with van der Waals surface area (Å²) in [6.07, 6.45) is 3.76. The fraction of sp³-hybridized carbons (Fsp3) is 0.500. The molecule has 1 aromatic rings. The van der Waals surface area contributed by atoms with Crippen LogP contribution in [0.2, 0.25) is 0 Å². The summed E-state index contributed by atoms with van der Waals surface area (Å²) in [4.78, 5) is 0. The van der Waals surface area contributed by atoms with Crippen molar-refractivity contribution in [2.24, 2.45) is 5.73 Å². The van der Waals surface area contributed by atoms with Crippen LogP contribution in [-0.2, 0) is 6.42 Å². The topological polar surface area (TPSA) is 26.0 Å². The molecule has 0 saturated carbocycles. The van der Waals surface area contributed by atoms with Crippen LogP contribution in [0.5, 0.6) is 0 Å². The van der Waals surface area contributed by atoms with Crippen LogP contribution in [0.15, 0.2) is 16.6 Å². The summed E-state index contributed by atoms with van der Waals surface area (Å²) in [6.45, 7) is 2.93. The number of hydrogen-bond acceptors (Lipinski definition) is 1. The third-order valence-corrected chi connectivity index (χ3v) is 4.00. The van der Waals surface area contributed by atoms with Crippen LogP contribution < -0.4 is 5.73 Å². The van der Waals surface area contributed by atoms with Crippen molar-refractivity contribution in [3.63, 3.8) is 0 Å². The number of fused-ring (bicyclic) bond motifs is 1. The van der Waals surface area contributed by atoms with Gasteiger partial charge in [0.25, 0.3) is 0 Å². The van der Waals surface area contributed by atoms with Crippen molar-refractivity contribution < 1.29 is 0 Å². The van der Waals surface area contributed by atoms with E-state index >= 15 is 0 Å². The molecule has 0 aliphatic heterocycles. The highest BCUT2D eigenvalue weighted by Crippen LogP contribution is 2.34. The van der Waals surface area contributed by atoms with Gasteiger partial charge in [-0.2, -0.15) is 0 Å². The number of rotatable bonds is 1. The number of hydrogen-bond donors (Lipinski definition) is 1. The third-order valence-electron chi connectivity index (χ3n) is 3.14. The Morgan fingerprint density at radius 3 is 3.00 bits per heavy atom. The monoisotopic (exact) mass is 253 g/mol. The second kappa shape index (κ2) is 4.03. The first-order chi connectivity index (χ1) is 6.72. The van der Waals surface area contributed by atoms with E-state index in [1.807, 2.05) is 0 Å². The van der Waals surface area contributed by atoms with Crippen LogP contribution in [0.4, 0.5) is 0 Å². The van der Waals surface area contributed by atoms with E-state index in [9.17, 15) is 0 Å². The molecule has 0 spiro atoms. The summed E-state index contributed by atoms with van der Waals surface area (Å²) < 4.78 is 1.22. The molecule has 0 heterocycles. The standard InChI is InChI=1S/C12H16BrN/c1-8-5-9-3-2-4-10(7-14)11(9)6-12(8)13/h5-6,10H,2-4,7,14H2,1H3. The van der Waals surface area contributed by atoms with Crippen LogP contribution >= 0.6 is 15.9 Å². The van der Waals surface area contributed by atoms with E-state index in [0.717, 1.165) is 6.54 Å². The molecule has 0 amide bonds. The summed E-state index contributed by atoms with van der Waals surface area (Å²) in [5, 5.41) is 0. The van der Waals surface area contributed by atoms with Crippen molar-refractivity contribution in [2.75, 3.05) is 6.54 Å². The minimum Gasteiger partial charge on any atom is -0.330 e. The van der Waals surface area contributed by atoms with Crippen molar-refractivity contribution in [1.29, 1.82) is 0 Å². The molecule has 76 valence electrons. The van der Waals surface area contributed by atoms with E-state index in [0.29, 0.717) is 5.92 Å². The minimum atomic E-state index is 0.579. The van der Waals surface area contributed by atoms with E-state index in [4.69, 9.17) is 5.73 Å². The molecule has 1 aliphatic rings. The van der Waals surface area contributed by atoms with Gasteiger partial charge in [0.15, 0.2) is 0 Å². The van der Waals surface area contributed by atoms with E-state index in [1.54, 1.807) is 0 Å². The summed E-state index contributed by atoms with van der Waals surface area (Å²) in [7, 11) is 0. The summed E-state index contributed by atoms with van der Waals surface area (Å²) in [5.41, 5.74) is 10.1. The van der Waals surface area contributed by atoms with Crippen molar-refractivity contribution in [3.05, 3.63) is 33.3 Å². The highest BCUT2D eigenvalue weighted by Gasteiger charge is 2.19. The lowest BCUT2D eigenvalue weighted by Crippen LogP contribution is -2.18. The van der Waals surface area contributed by atoms with Gasteiger partial charge < -0.3 is 5.73 Å². The van der Waals surface area contributed by atoms with E-state index in [-0.39, 0.29) is 0 Å². The molecule has 2 heteroatoms. The molecule has 1 unspecified atom stereocenters. The quantitative estimate of drug-likeness (QED) is 0.818. The van der Waals surface area contributed by atoms with Crippen LogP contribution in [0.25, 0.3) is 0 Å². The summed E-state index contributed by atoms with van der Waals surface area (Å²) in [6, 6.07) is 4.57. The molecule has 1 aromatic carbocycles. The second-order valence-electron chi connectivity index (χ2n) is 4.13. The molecule has 0 aromatic heterocycles. The fourth-order valence-electron chi connectivity index (χ4n) is 2.29. The first-order valence-corrected chi connectivity index (χ1v) is 6.00. The Labute approximate surface area is 93.8 Å². The maximum absolute atomic E-state index is 5.79. The third kappa shape index (κ3) is 1.73. The van der Waals surface area contributed by atoms with Gasteiger partial charge in [-0.15, -0.1) is 0 Å². The van der Waals surface area contributed by atoms with Gasteiger partial charge in [-0.05, 0) is 61.4 Å². The zero-order chi connectivity index (χ0) is 10.1. The zero-order valence-electron chi connectivity index (χ0n) is 8.52. The Kier molecular flexibility index (Phi) is 2.93. The molecule has 1 atom stereocenters. The highest BCUT2D eigenvalue weighted by molar-refractivity contribution is 9.10. The predicted octanol–water partition coefficient (Wildman–Crippen LogP) is 3.14. The second-order valence-corrected chi connectivity index (χ2v) is 4.98. The molecular formula is C12H16BrN. The normalized spacial score (nSPS) is 20.6. The Bertz CT molecular complexity index is 346. The minimum absolute atomic E-state index is 0.579. The lowest BCUT2D eigenvalue weighted by atomic mass is 9.82. The molecule has 1 aliphatic carbocycles. The van der Waals surface area contributed by atoms with Crippen molar-refractivity contribution in [2.45, 2.75) is 32.1 Å². The lowest BCUT2D eigenvalue weighted by molar-refractivity contribution is 0.560. The molecule has 0 fully saturated rings. The van der Waals surface area contributed by atoms with Gasteiger partial charge in [-0.1, -0.05) is 22.0 Å². The van der Waals surface area contributed by atoms with Crippen LogP contribution in [0.3, 0.4) is 0 Å². The molecule has 2 N–H and O–H groups in total. The van der Waals surface area contributed by atoms with E-state index < -0.39 is 0 Å². The van der Waals surface area contributed by atoms with Crippen LogP contribution in [0.1, 0.15) is 35.4 Å². The van der Waals surface area contributed by atoms with Crippen LogP contribution in [0, 0.1) is 6.92 Å². The molecule has 2 rings (SSSR count). The number of nitrogens with two attached hydrogens (primary N) is 1. The maximum Gasteiger partial charge on any atom is 0.0207 e. The summed E-state index contributed by atoms with van der Waals surface area (Å²) >= 11 is 3.59. The first-order valence-electron chi connectivity index (χ1n) is 5.21. The molecule has 0 radical (unpaired) electrons. The van der Waals surface area contributed by atoms with Gasteiger partial charge in [0, 0.05) is 4.47 Å². The summed E-state index contributed by atoms with van der Waals surface area (Å²) in [5.74, 6) is 0.579. The maximum atomic E-state index is 5.79. The van der Waals surface area contributed by atoms with Crippen molar-refractivity contribution in [3.8, 4) is 0 Å². The SMILES string of the molecule is Cc1cc2c(cc1Br)C(CN)CCC2. The van der Waals surface area contributed by atoms with Gasteiger partial charge >= 0.3 is 0 Å². The molecule has 14 heavy (non-hydrogen) atoms. The van der Waals surface area contributed by atoms with Gasteiger partial charge in [0.05, 0.1) is 0 Å². The van der Waals surface area contributed by atoms with Crippen LogP contribution in [-0.4, -0.2) is 6.54 Å². The Morgan fingerprint density at radius 1 is 1.50 bits per heavy atom. The Morgan fingerprint density at radius 2 is 2.29 bits per heavy atom. The van der Waals surface area contributed by atoms with E-state index in [1.165, 1.54) is 40.4 Å². The lowest BCUT2D eigenvalue weighted by Gasteiger charge is -2.25. The predicted molar refractivity (Wildman–Crippen MR) is 63.6 cm³/mol. The van der Waals surface area contributed by atoms with Gasteiger partial charge in [0.2, 0.25) is 0 Å². The van der Waals surface area contributed by atoms with Gasteiger partial charge in [0.1, 0.15) is 0 Å². The largest absolute Gasteiger partial charge is 0.330 e.